The number of carbonyl (C=O) groups excluding carboxylic acids is 1. The summed E-state index contributed by atoms with van der Waals surface area (Å²) in [4.78, 5) is 13.9. The van der Waals surface area contributed by atoms with Crippen molar-refractivity contribution in [2.45, 2.75) is 6.42 Å². The summed E-state index contributed by atoms with van der Waals surface area (Å²) in [6, 6.07) is 5.53. The quantitative estimate of drug-likeness (QED) is 0.655. The van der Waals surface area contributed by atoms with Crippen LogP contribution < -0.4 is 10.6 Å². The number of nitrogens with two attached hydrogens (primary N) is 1. The summed E-state index contributed by atoms with van der Waals surface area (Å²) in [5, 5.41) is 0. The summed E-state index contributed by atoms with van der Waals surface area (Å²) in [5.74, 6) is 1.91. The minimum atomic E-state index is -0.376. The average molecular weight is 266 g/mol. The molecule has 0 amide bonds. The number of hydrogen-bond donors (Lipinski definition) is 1. The van der Waals surface area contributed by atoms with E-state index in [9.17, 15) is 4.79 Å². The van der Waals surface area contributed by atoms with Crippen LogP contribution in [0.5, 0.6) is 0 Å². The van der Waals surface area contributed by atoms with Crippen LogP contribution in [0.2, 0.25) is 0 Å². The van der Waals surface area contributed by atoms with Gasteiger partial charge in [0.05, 0.1) is 24.0 Å². The number of nitrogens with zero attached hydrogens (tertiary/aromatic N) is 1. The van der Waals surface area contributed by atoms with Crippen molar-refractivity contribution in [2.24, 2.45) is 0 Å². The van der Waals surface area contributed by atoms with Crippen molar-refractivity contribution < 1.29 is 9.53 Å². The van der Waals surface area contributed by atoms with E-state index in [-0.39, 0.29) is 5.97 Å². The minimum absolute atomic E-state index is 0.376. The van der Waals surface area contributed by atoms with Crippen LogP contribution in [0.4, 0.5) is 11.4 Å². The number of rotatable bonds is 2. The van der Waals surface area contributed by atoms with Gasteiger partial charge in [0.25, 0.3) is 0 Å². The normalized spacial score (nSPS) is 16.2. The first kappa shape index (κ1) is 13.1. The molecule has 0 bridgehead atoms. The van der Waals surface area contributed by atoms with E-state index in [4.69, 9.17) is 10.5 Å². The first-order valence-electron chi connectivity index (χ1n) is 6.03. The number of hydrogen-bond acceptors (Lipinski definition) is 5. The molecule has 0 saturated carbocycles. The second-order valence-electron chi connectivity index (χ2n) is 4.18. The van der Waals surface area contributed by atoms with Gasteiger partial charge in [-0.2, -0.15) is 11.8 Å². The lowest BCUT2D eigenvalue weighted by Gasteiger charge is -2.24. The Bertz CT molecular complexity index is 429. The molecule has 0 spiro atoms. The number of thioether (sulfide) groups is 1. The molecule has 1 saturated heterocycles. The molecule has 1 heterocycles. The predicted molar refractivity (Wildman–Crippen MR) is 76.3 cm³/mol. The third-order valence-corrected chi connectivity index (χ3v) is 4.10. The van der Waals surface area contributed by atoms with Gasteiger partial charge in [0.1, 0.15) is 0 Å². The molecule has 1 aromatic rings. The van der Waals surface area contributed by atoms with E-state index in [2.05, 4.69) is 4.90 Å². The Hall–Kier alpha value is -1.36. The largest absolute Gasteiger partial charge is 0.465 e. The van der Waals surface area contributed by atoms with E-state index < -0.39 is 0 Å². The maximum atomic E-state index is 11.6. The highest BCUT2D eigenvalue weighted by Gasteiger charge is 2.17. The predicted octanol–water partition coefficient (Wildman–Crippen LogP) is 2.00. The molecule has 0 atom stereocenters. The fourth-order valence-electron chi connectivity index (χ4n) is 2.10. The Labute approximate surface area is 111 Å². The number of para-hydroxylation sites is 1. The molecule has 2 N–H and O–H groups in total. The van der Waals surface area contributed by atoms with Crippen LogP contribution in [-0.2, 0) is 4.74 Å². The molecule has 98 valence electrons. The number of anilines is 2. The number of benzene rings is 1. The van der Waals surface area contributed by atoms with Crippen LogP contribution >= 0.6 is 11.8 Å². The molecule has 0 radical (unpaired) electrons. The van der Waals surface area contributed by atoms with Crippen molar-refractivity contribution in [3.05, 3.63) is 23.8 Å². The third kappa shape index (κ3) is 2.72. The van der Waals surface area contributed by atoms with Gasteiger partial charge >= 0.3 is 5.97 Å². The van der Waals surface area contributed by atoms with Crippen molar-refractivity contribution in [1.29, 1.82) is 0 Å². The van der Waals surface area contributed by atoms with Gasteiger partial charge in [-0.25, -0.2) is 4.79 Å². The molecule has 1 aliphatic heterocycles. The lowest BCUT2D eigenvalue weighted by atomic mass is 10.1. The molecule has 5 heteroatoms. The van der Waals surface area contributed by atoms with Crippen molar-refractivity contribution in [3.8, 4) is 0 Å². The van der Waals surface area contributed by atoms with Crippen LogP contribution in [0.1, 0.15) is 16.8 Å². The average Bonchev–Trinajstić information content (AvgIpc) is 2.67. The monoisotopic (exact) mass is 266 g/mol. The Kier molecular flexibility index (Phi) is 4.36. The van der Waals surface area contributed by atoms with Gasteiger partial charge in [0, 0.05) is 18.8 Å². The zero-order chi connectivity index (χ0) is 13.0. The summed E-state index contributed by atoms with van der Waals surface area (Å²) in [6.45, 7) is 1.96. The molecule has 1 aromatic carbocycles. The molecular formula is C13H18N2O2S. The van der Waals surface area contributed by atoms with Gasteiger partial charge in [-0.15, -0.1) is 0 Å². The topological polar surface area (TPSA) is 55.6 Å². The van der Waals surface area contributed by atoms with Gasteiger partial charge in [0.2, 0.25) is 0 Å². The van der Waals surface area contributed by atoms with Crippen molar-refractivity contribution in [3.63, 3.8) is 0 Å². The number of methoxy groups -OCH3 is 1. The highest BCUT2D eigenvalue weighted by Crippen LogP contribution is 2.28. The van der Waals surface area contributed by atoms with Gasteiger partial charge in [-0.05, 0) is 24.3 Å². The SMILES string of the molecule is COC(=O)c1cccc(N2CCCSCC2)c1N. The number of esters is 1. The van der Waals surface area contributed by atoms with Crippen molar-refractivity contribution in [1.82, 2.24) is 0 Å². The van der Waals surface area contributed by atoms with Gasteiger partial charge in [-0.3, -0.25) is 0 Å². The van der Waals surface area contributed by atoms with Crippen LogP contribution in [0.15, 0.2) is 18.2 Å². The van der Waals surface area contributed by atoms with Gasteiger partial charge in [0.15, 0.2) is 0 Å². The van der Waals surface area contributed by atoms with Crippen molar-refractivity contribution in [2.75, 3.05) is 42.3 Å². The molecule has 0 aromatic heterocycles. The first-order chi connectivity index (χ1) is 8.74. The van der Waals surface area contributed by atoms with Crippen LogP contribution in [0.25, 0.3) is 0 Å². The Balaban J connectivity index is 2.29. The molecule has 1 aliphatic rings. The Morgan fingerprint density at radius 1 is 1.39 bits per heavy atom. The maximum absolute atomic E-state index is 11.6. The highest BCUT2D eigenvalue weighted by molar-refractivity contribution is 7.99. The van der Waals surface area contributed by atoms with E-state index in [1.165, 1.54) is 12.9 Å². The molecule has 0 aliphatic carbocycles. The zero-order valence-electron chi connectivity index (χ0n) is 10.5. The van der Waals surface area contributed by atoms with Crippen LogP contribution in [-0.4, -0.2) is 37.7 Å². The summed E-state index contributed by atoms with van der Waals surface area (Å²) in [7, 11) is 1.37. The second-order valence-corrected chi connectivity index (χ2v) is 5.41. The second kappa shape index (κ2) is 6.00. The first-order valence-corrected chi connectivity index (χ1v) is 7.19. The maximum Gasteiger partial charge on any atom is 0.340 e. The molecule has 1 fully saturated rings. The van der Waals surface area contributed by atoms with Gasteiger partial charge in [-0.1, -0.05) is 6.07 Å². The fraction of sp³-hybridized carbons (Fsp3) is 0.462. The lowest BCUT2D eigenvalue weighted by Crippen LogP contribution is -2.27. The lowest BCUT2D eigenvalue weighted by molar-refractivity contribution is 0.0602. The number of carbonyl (C=O) groups is 1. The summed E-state index contributed by atoms with van der Waals surface area (Å²) in [5.41, 5.74) is 8.01. The van der Waals surface area contributed by atoms with Crippen LogP contribution in [0, 0.1) is 0 Å². The molecule has 0 unspecified atom stereocenters. The van der Waals surface area contributed by atoms with E-state index >= 15 is 0 Å². The van der Waals surface area contributed by atoms with Crippen LogP contribution in [0.3, 0.4) is 0 Å². The summed E-state index contributed by atoms with van der Waals surface area (Å²) in [6.07, 6.45) is 1.15. The van der Waals surface area contributed by atoms with E-state index in [0.29, 0.717) is 11.3 Å². The van der Waals surface area contributed by atoms with E-state index in [1.54, 1.807) is 6.07 Å². The number of ether oxygens (including phenoxy) is 1. The van der Waals surface area contributed by atoms with E-state index in [1.807, 2.05) is 23.9 Å². The van der Waals surface area contributed by atoms with Crippen molar-refractivity contribution >= 4 is 29.1 Å². The fourth-order valence-corrected chi connectivity index (χ4v) is 2.99. The van der Waals surface area contributed by atoms with Gasteiger partial charge < -0.3 is 15.4 Å². The molecular weight excluding hydrogens is 248 g/mol. The summed E-state index contributed by atoms with van der Waals surface area (Å²) < 4.78 is 4.74. The molecule has 4 nitrogen and oxygen atoms in total. The highest BCUT2D eigenvalue weighted by atomic mass is 32.2. The van der Waals surface area contributed by atoms with E-state index in [0.717, 1.165) is 31.0 Å². The smallest absolute Gasteiger partial charge is 0.340 e. The molecule has 18 heavy (non-hydrogen) atoms. The third-order valence-electron chi connectivity index (χ3n) is 3.05. The Morgan fingerprint density at radius 2 is 2.22 bits per heavy atom. The minimum Gasteiger partial charge on any atom is -0.465 e. The zero-order valence-corrected chi connectivity index (χ0v) is 11.3. The summed E-state index contributed by atoms with van der Waals surface area (Å²) >= 11 is 1.96. The standard InChI is InChI=1S/C13H18N2O2S/c1-17-13(16)10-4-2-5-11(12(10)14)15-6-3-8-18-9-7-15/h2,4-5H,3,6-9,14H2,1H3. The number of nitrogen functional groups attached to an aromatic ring is 1. The molecule has 2 rings (SSSR count). The Morgan fingerprint density at radius 3 is 3.00 bits per heavy atom.